The maximum absolute atomic E-state index is 10.9. The molecule has 7 nitrogen and oxygen atoms in total. The van der Waals surface area contributed by atoms with Crippen LogP contribution >= 0.6 is 0 Å². The summed E-state index contributed by atoms with van der Waals surface area (Å²) in [5, 5.41) is 0. The molecule has 0 atom stereocenters. The normalized spacial score (nSPS) is 9.88. The fraction of sp³-hybridized carbons (Fsp3) is 0.444. The highest BCUT2D eigenvalue weighted by atomic mass is 16.5. The second kappa shape index (κ2) is 5.15. The lowest BCUT2D eigenvalue weighted by Crippen LogP contribution is -2.34. The summed E-state index contributed by atoms with van der Waals surface area (Å²) in [4.78, 5) is 20.4. The summed E-state index contributed by atoms with van der Waals surface area (Å²) in [5.41, 5.74) is 11.2. The number of aromatic nitrogens is 2. The number of hydrogen-bond donors (Lipinski definition) is 2. The predicted octanol–water partition coefficient (Wildman–Crippen LogP) is -0.621. The molecule has 0 aliphatic carbocycles. The summed E-state index contributed by atoms with van der Waals surface area (Å²) in [5.74, 6) is 0.292. The Kier molecular flexibility index (Phi) is 3.87. The van der Waals surface area contributed by atoms with Crippen LogP contribution < -0.4 is 21.1 Å². The van der Waals surface area contributed by atoms with Gasteiger partial charge in [-0.05, 0) is 6.92 Å². The Hall–Kier alpha value is -2.05. The number of rotatable bonds is 5. The fourth-order valence-corrected chi connectivity index (χ4v) is 1.31. The van der Waals surface area contributed by atoms with E-state index in [1.54, 1.807) is 4.90 Å². The monoisotopic (exact) mass is 225 g/mol. The number of primary amides is 1. The van der Waals surface area contributed by atoms with Crippen molar-refractivity contribution in [1.29, 1.82) is 0 Å². The number of amides is 1. The molecule has 0 saturated carbocycles. The summed E-state index contributed by atoms with van der Waals surface area (Å²) >= 11 is 0. The van der Waals surface area contributed by atoms with E-state index in [4.69, 9.17) is 16.2 Å². The average Bonchev–Trinajstić information content (AvgIpc) is 2.26. The van der Waals surface area contributed by atoms with E-state index in [1.807, 2.05) is 6.92 Å². The predicted molar refractivity (Wildman–Crippen MR) is 60.1 cm³/mol. The van der Waals surface area contributed by atoms with Crippen LogP contribution in [0.1, 0.15) is 6.92 Å². The molecular formula is C9H15N5O2. The first-order valence-electron chi connectivity index (χ1n) is 4.77. The van der Waals surface area contributed by atoms with Crippen LogP contribution in [0, 0.1) is 0 Å². The molecule has 0 spiro atoms. The minimum Gasteiger partial charge on any atom is -0.479 e. The number of nitrogens with zero attached hydrogens (tertiary/aromatic N) is 3. The lowest BCUT2D eigenvalue weighted by atomic mass is 10.4. The summed E-state index contributed by atoms with van der Waals surface area (Å²) in [6.07, 6.45) is 1.33. The lowest BCUT2D eigenvalue weighted by Gasteiger charge is -2.21. The highest BCUT2D eigenvalue weighted by Gasteiger charge is 2.15. The van der Waals surface area contributed by atoms with E-state index >= 15 is 0 Å². The Bertz CT molecular complexity index is 382. The smallest absolute Gasteiger partial charge is 0.242 e. The van der Waals surface area contributed by atoms with Crippen molar-refractivity contribution >= 4 is 17.4 Å². The van der Waals surface area contributed by atoms with Gasteiger partial charge < -0.3 is 21.1 Å². The quantitative estimate of drug-likeness (QED) is 0.691. The second-order valence-electron chi connectivity index (χ2n) is 3.10. The molecule has 0 saturated heterocycles. The molecule has 7 heteroatoms. The number of carbonyl (C=O) groups is 1. The third-order valence-corrected chi connectivity index (χ3v) is 2.05. The van der Waals surface area contributed by atoms with Gasteiger partial charge in [0.25, 0.3) is 0 Å². The van der Waals surface area contributed by atoms with Gasteiger partial charge in [0.2, 0.25) is 11.8 Å². The Balaban J connectivity index is 3.04. The van der Waals surface area contributed by atoms with Crippen molar-refractivity contribution in [1.82, 2.24) is 9.97 Å². The number of ether oxygens (including phenoxy) is 1. The van der Waals surface area contributed by atoms with Gasteiger partial charge >= 0.3 is 0 Å². The number of methoxy groups -OCH3 is 1. The van der Waals surface area contributed by atoms with E-state index in [0.717, 1.165) is 0 Å². The zero-order valence-corrected chi connectivity index (χ0v) is 9.30. The van der Waals surface area contributed by atoms with Crippen LogP contribution in [0.3, 0.4) is 0 Å². The van der Waals surface area contributed by atoms with Crippen LogP contribution in [-0.2, 0) is 4.79 Å². The zero-order chi connectivity index (χ0) is 12.1. The van der Waals surface area contributed by atoms with Gasteiger partial charge in [-0.15, -0.1) is 0 Å². The zero-order valence-electron chi connectivity index (χ0n) is 9.30. The van der Waals surface area contributed by atoms with E-state index in [0.29, 0.717) is 18.1 Å². The molecule has 0 aromatic carbocycles. The van der Waals surface area contributed by atoms with Crippen LogP contribution in [-0.4, -0.2) is 36.1 Å². The van der Waals surface area contributed by atoms with E-state index in [-0.39, 0.29) is 12.4 Å². The molecule has 4 N–H and O–H groups in total. The van der Waals surface area contributed by atoms with Crippen molar-refractivity contribution in [2.24, 2.45) is 5.73 Å². The summed E-state index contributed by atoms with van der Waals surface area (Å²) in [6.45, 7) is 2.49. The number of hydrogen-bond acceptors (Lipinski definition) is 6. The van der Waals surface area contributed by atoms with Crippen LogP contribution in [0.5, 0.6) is 5.88 Å². The van der Waals surface area contributed by atoms with Crippen LogP contribution in [0.25, 0.3) is 0 Å². The molecular weight excluding hydrogens is 210 g/mol. The lowest BCUT2D eigenvalue weighted by molar-refractivity contribution is -0.116. The minimum absolute atomic E-state index is 0.0564. The highest BCUT2D eigenvalue weighted by Crippen LogP contribution is 2.26. The van der Waals surface area contributed by atoms with Gasteiger partial charge in [0.05, 0.1) is 13.7 Å². The van der Waals surface area contributed by atoms with Crippen LogP contribution in [0.15, 0.2) is 6.33 Å². The van der Waals surface area contributed by atoms with Gasteiger partial charge in [-0.25, -0.2) is 4.98 Å². The van der Waals surface area contributed by atoms with E-state index in [2.05, 4.69) is 9.97 Å². The number of carbonyl (C=O) groups excluding carboxylic acids is 1. The number of nitrogen functional groups attached to an aromatic ring is 1. The molecule has 16 heavy (non-hydrogen) atoms. The Morgan fingerprint density at radius 1 is 1.56 bits per heavy atom. The van der Waals surface area contributed by atoms with Crippen molar-refractivity contribution < 1.29 is 9.53 Å². The van der Waals surface area contributed by atoms with Crippen molar-refractivity contribution in [3.05, 3.63) is 6.33 Å². The minimum atomic E-state index is -0.446. The highest BCUT2D eigenvalue weighted by molar-refractivity contribution is 5.81. The summed E-state index contributed by atoms with van der Waals surface area (Å²) in [6, 6.07) is 0. The molecule has 0 fully saturated rings. The first kappa shape index (κ1) is 12.0. The van der Waals surface area contributed by atoms with Gasteiger partial charge in [-0.3, -0.25) is 4.79 Å². The van der Waals surface area contributed by atoms with E-state index < -0.39 is 5.91 Å². The Labute approximate surface area is 93.4 Å². The van der Waals surface area contributed by atoms with Gasteiger partial charge in [0.1, 0.15) is 12.0 Å². The molecule has 0 radical (unpaired) electrons. The maximum Gasteiger partial charge on any atom is 0.242 e. The molecule has 88 valence electrons. The third kappa shape index (κ3) is 2.50. The Morgan fingerprint density at radius 2 is 2.25 bits per heavy atom. The van der Waals surface area contributed by atoms with Crippen molar-refractivity contribution in [2.45, 2.75) is 6.92 Å². The molecule has 0 bridgehead atoms. The molecule has 0 aliphatic rings. The van der Waals surface area contributed by atoms with Crippen LogP contribution in [0.2, 0.25) is 0 Å². The topological polar surface area (TPSA) is 107 Å². The van der Waals surface area contributed by atoms with Crippen molar-refractivity contribution in [3.63, 3.8) is 0 Å². The van der Waals surface area contributed by atoms with Gasteiger partial charge in [0, 0.05) is 6.54 Å². The van der Waals surface area contributed by atoms with Gasteiger partial charge in [-0.1, -0.05) is 0 Å². The fourth-order valence-electron chi connectivity index (χ4n) is 1.31. The SMILES string of the molecule is CCN(CC(N)=O)c1ncnc(OC)c1N. The van der Waals surface area contributed by atoms with E-state index in [1.165, 1.54) is 13.4 Å². The molecule has 1 heterocycles. The summed E-state index contributed by atoms with van der Waals surface area (Å²) < 4.78 is 4.97. The third-order valence-electron chi connectivity index (χ3n) is 2.05. The number of anilines is 2. The maximum atomic E-state index is 10.9. The van der Waals surface area contributed by atoms with Crippen molar-refractivity contribution in [3.8, 4) is 5.88 Å². The number of likely N-dealkylation sites (N-methyl/N-ethyl adjacent to an activating group) is 1. The van der Waals surface area contributed by atoms with Gasteiger partial charge in [0.15, 0.2) is 5.82 Å². The molecule has 1 rings (SSSR count). The molecule has 1 aromatic heterocycles. The first-order chi connectivity index (χ1) is 7.60. The first-order valence-corrected chi connectivity index (χ1v) is 4.77. The average molecular weight is 225 g/mol. The second-order valence-corrected chi connectivity index (χ2v) is 3.10. The molecule has 0 aliphatic heterocycles. The van der Waals surface area contributed by atoms with E-state index in [9.17, 15) is 4.79 Å². The molecule has 1 amide bonds. The molecule has 0 unspecified atom stereocenters. The number of nitrogens with two attached hydrogens (primary N) is 2. The van der Waals surface area contributed by atoms with Crippen molar-refractivity contribution in [2.75, 3.05) is 30.8 Å². The van der Waals surface area contributed by atoms with Gasteiger partial charge in [-0.2, -0.15) is 4.98 Å². The summed E-state index contributed by atoms with van der Waals surface area (Å²) in [7, 11) is 1.47. The largest absolute Gasteiger partial charge is 0.479 e. The van der Waals surface area contributed by atoms with Crippen LogP contribution in [0.4, 0.5) is 11.5 Å². The molecule has 1 aromatic rings. The standard InChI is InChI=1S/C9H15N5O2/c1-3-14(4-6(10)15)8-7(11)9(16-2)13-5-12-8/h5H,3-4,11H2,1-2H3,(H2,10,15). The Morgan fingerprint density at radius 3 is 2.75 bits per heavy atom.